The molecule has 0 aliphatic carbocycles. The first-order chi connectivity index (χ1) is 17.6. The Labute approximate surface area is 231 Å². The minimum atomic E-state index is -1.55. The van der Waals surface area contributed by atoms with Crippen molar-refractivity contribution in [1.82, 2.24) is 0 Å². The molecular weight excluding hydrogens is 501 g/mol. The summed E-state index contributed by atoms with van der Waals surface area (Å²) in [6.45, 7) is 22.3. The van der Waals surface area contributed by atoms with Gasteiger partial charge in [0.1, 0.15) is 11.5 Å². The van der Waals surface area contributed by atoms with E-state index in [0.717, 1.165) is 33.6 Å². The van der Waals surface area contributed by atoms with Gasteiger partial charge in [-0.05, 0) is 47.2 Å². The van der Waals surface area contributed by atoms with Gasteiger partial charge in [0.15, 0.2) is 0 Å². The molecule has 38 heavy (non-hydrogen) atoms. The average molecular weight is 545 g/mol. The van der Waals surface area contributed by atoms with E-state index in [2.05, 4.69) is 101 Å². The van der Waals surface area contributed by atoms with Crippen LogP contribution in [0.2, 0.25) is 39.3 Å². The molecule has 0 fully saturated rings. The number of phenolic OH excluding ortho intramolecular Hbond substituents is 2. The van der Waals surface area contributed by atoms with Crippen molar-refractivity contribution in [3.05, 3.63) is 70.8 Å². The zero-order valence-electron chi connectivity index (χ0n) is 24.7. The number of aliphatic imine (C=N–C) groups is 2. The van der Waals surface area contributed by atoms with E-state index in [9.17, 15) is 10.2 Å². The molecule has 0 aliphatic rings. The first kappa shape index (κ1) is 29.6. The lowest BCUT2D eigenvalue weighted by molar-refractivity contribution is 0.463. The summed E-state index contributed by atoms with van der Waals surface area (Å²) in [5.41, 5.74) is 5.04. The van der Waals surface area contributed by atoms with E-state index in [1.807, 2.05) is 24.3 Å². The minimum Gasteiger partial charge on any atom is -0.507 e. The van der Waals surface area contributed by atoms with Crippen molar-refractivity contribution in [2.24, 2.45) is 9.98 Å². The molecule has 202 valence electrons. The summed E-state index contributed by atoms with van der Waals surface area (Å²) in [4.78, 5) is 9.29. The molecule has 0 heterocycles. The third kappa shape index (κ3) is 7.11. The van der Waals surface area contributed by atoms with Crippen LogP contribution in [0.15, 0.2) is 58.5 Å². The molecule has 0 aromatic heterocycles. The molecule has 2 N–H and O–H groups in total. The standard InChI is InChI=1S/C32H44N2O2Si2/c1-21(2)29-17-27(37(5,6)7)15-23(31(29)35)19-33-25-11-13-26(14-12-25)34-20-24-16-28(38(8,9)10)18-30(22(3)4)32(24)36/h11-22,35-36H,1-10H3. The van der Waals surface area contributed by atoms with E-state index < -0.39 is 16.1 Å². The fourth-order valence-corrected chi connectivity index (χ4v) is 6.57. The molecule has 0 saturated heterocycles. The van der Waals surface area contributed by atoms with Crippen LogP contribution in [0, 0.1) is 0 Å². The maximum Gasteiger partial charge on any atom is 0.127 e. The molecule has 6 heteroatoms. The summed E-state index contributed by atoms with van der Waals surface area (Å²) in [7, 11) is -3.10. The highest BCUT2D eigenvalue weighted by Crippen LogP contribution is 2.30. The van der Waals surface area contributed by atoms with Crippen molar-refractivity contribution in [3.63, 3.8) is 0 Å². The summed E-state index contributed by atoms with van der Waals surface area (Å²) >= 11 is 0. The van der Waals surface area contributed by atoms with Gasteiger partial charge < -0.3 is 10.2 Å². The van der Waals surface area contributed by atoms with Crippen molar-refractivity contribution in [2.45, 2.75) is 78.8 Å². The van der Waals surface area contributed by atoms with E-state index in [1.54, 1.807) is 12.4 Å². The number of phenols is 2. The Morgan fingerprint density at radius 3 is 1.16 bits per heavy atom. The molecule has 0 aliphatic heterocycles. The quantitative estimate of drug-likeness (QED) is 0.223. The van der Waals surface area contributed by atoms with E-state index >= 15 is 0 Å². The molecule has 0 saturated carbocycles. The predicted molar refractivity (Wildman–Crippen MR) is 171 cm³/mol. The van der Waals surface area contributed by atoms with Crippen molar-refractivity contribution in [3.8, 4) is 11.5 Å². The second-order valence-corrected chi connectivity index (χ2v) is 23.0. The summed E-state index contributed by atoms with van der Waals surface area (Å²) in [5.74, 6) is 1.09. The van der Waals surface area contributed by atoms with Crippen molar-refractivity contribution in [1.29, 1.82) is 0 Å². The highest BCUT2D eigenvalue weighted by Gasteiger charge is 2.22. The first-order valence-electron chi connectivity index (χ1n) is 13.5. The van der Waals surface area contributed by atoms with Crippen LogP contribution in [-0.2, 0) is 0 Å². The lowest BCUT2D eigenvalue weighted by Crippen LogP contribution is -2.38. The van der Waals surface area contributed by atoms with Crippen LogP contribution < -0.4 is 10.4 Å². The van der Waals surface area contributed by atoms with Gasteiger partial charge in [-0.2, -0.15) is 0 Å². The fourth-order valence-electron chi connectivity index (χ4n) is 4.22. The maximum atomic E-state index is 10.9. The van der Waals surface area contributed by atoms with Crippen LogP contribution in [0.3, 0.4) is 0 Å². The summed E-state index contributed by atoms with van der Waals surface area (Å²) in [6, 6.07) is 16.2. The molecule has 0 amide bonds. The van der Waals surface area contributed by atoms with Gasteiger partial charge in [-0.25, -0.2) is 0 Å². The lowest BCUT2D eigenvalue weighted by atomic mass is 9.99. The van der Waals surface area contributed by atoms with Gasteiger partial charge in [0.25, 0.3) is 0 Å². The topological polar surface area (TPSA) is 65.2 Å². The van der Waals surface area contributed by atoms with Gasteiger partial charge in [0.05, 0.1) is 27.5 Å². The lowest BCUT2D eigenvalue weighted by Gasteiger charge is -2.21. The number of hydrogen-bond donors (Lipinski definition) is 2. The fraction of sp³-hybridized carbons (Fsp3) is 0.375. The molecule has 4 nitrogen and oxygen atoms in total. The number of benzene rings is 3. The second kappa shape index (κ2) is 11.4. The summed E-state index contributed by atoms with van der Waals surface area (Å²) in [5, 5.41) is 24.4. The van der Waals surface area contributed by atoms with Crippen LogP contribution in [0.4, 0.5) is 11.4 Å². The normalized spacial score (nSPS) is 12.9. The van der Waals surface area contributed by atoms with Gasteiger partial charge in [0, 0.05) is 23.6 Å². The molecule has 0 atom stereocenters. The Balaban J connectivity index is 1.88. The Kier molecular flexibility index (Phi) is 8.89. The molecule has 0 spiro atoms. The van der Waals surface area contributed by atoms with E-state index in [-0.39, 0.29) is 11.8 Å². The summed E-state index contributed by atoms with van der Waals surface area (Å²) in [6.07, 6.45) is 3.52. The Bertz CT molecular complexity index is 1240. The van der Waals surface area contributed by atoms with Crippen LogP contribution >= 0.6 is 0 Å². The number of hydrogen-bond acceptors (Lipinski definition) is 4. The largest absolute Gasteiger partial charge is 0.507 e. The highest BCUT2D eigenvalue weighted by atomic mass is 28.3. The van der Waals surface area contributed by atoms with Crippen LogP contribution in [0.25, 0.3) is 0 Å². The third-order valence-corrected chi connectivity index (χ3v) is 10.9. The van der Waals surface area contributed by atoms with Crippen LogP contribution in [-0.4, -0.2) is 38.8 Å². The third-order valence-electron chi connectivity index (χ3n) is 6.87. The molecule has 3 aromatic rings. The number of rotatable bonds is 8. The highest BCUT2D eigenvalue weighted by molar-refractivity contribution is 6.89. The number of aromatic hydroxyl groups is 2. The van der Waals surface area contributed by atoms with Gasteiger partial charge in [-0.15, -0.1) is 0 Å². The molecule has 0 radical (unpaired) electrons. The van der Waals surface area contributed by atoms with Crippen molar-refractivity contribution >= 4 is 50.3 Å². The van der Waals surface area contributed by atoms with E-state index in [0.29, 0.717) is 11.5 Å². The monoisotopic (exact) mass is 544 g/mol. The van der Waals surface area contributed by atoms with Gasteiger partial charge >= 0.3 is 0 Å². The minimum absolute atomic E-state index is 0.234. The molecule has 3 rings (SSSR count). The Morgan fingerprint density at radius 1 is 0.579 bits per heavy atom. The van der Waals surface area contributed by atoms with E-state index in [4.69, 9.17) is 0 Å². The Hall–Kier alpha value is -2.97. The van der Waals surface area contributed by atoms with Gasteiger partial charge in [-0.3, -0.25) is 9.98 Å². The molecule has 3 aromatic carbocycles. The Morgan fingerprint density at radius 2 is 0.895 bits per heavy atom. The van der Waals surface area contributed by atoms with Crippen LogP contribution in [0.5, 0.6) is 11.5 Å². The van der Waals surface area contributed by atoms with Crippen molar-refractivity contribution < 1.29 is 10.2 Å². The molecule has 0 bridgehead atoms. The maximum absolute atomic E-state index is 10.9. The molecular formula is C32H44N2O2Si2. The second-order valence-electron chi connectivity index (χ2n) is 12.8. The number of nitrogens with zero attached hydrogens (tertiary/aromatic N) is 2. The zero-order valence-corrected chi connectivity index (χ0v) is 26.7. The van der Waals surface area contributed by atoms with Crippen molar-refractivity contribution in [2.75, 3.05) is 0 Å². The smallest absolute Gasteiger partial charge is 0.127 e. The SMILES string of the molecule is CC(C)c1cc([Si](C)(C)C)cc(C=Nc2ccc(N=Cc3cc([Si](C)(C)C)cc(C(C)C)c3O)cc2)c1O. The van der Waals surface area contributed by atoms with Crippen LogP contribution in [0.1, 0.15) is 61.8 Å². The first-order valence-corrected chi connectivity index (χ1v) is 20.5. The predicted octanol–water partition coefficient (Wildman–Crippen LogP) is 7.94. The van der Waals surface area contributed by atoms with Gasteiger partial charge in [0.2, 0.25) is 0 Å². The van der Waals surface area contributed by atoms with E-state index in [1.165, 1.54) is 10.4 Å². The zero-order chi connectivity index (χ0) is 28.4. The average Bonchev–Trinajstić information content (AvgIpc) is 2.81. The summed E-state index contributed by atoms with van der Waals surface area (Å²) < 4.78 is 0. The van der Waals surface area contributed by atoms with Gasteiger partial charge in [-0.1, -0.05) is 102 Å². The molecule has 0 unspecified atom stereocenters.